The summed E-state index contributed by atoms with van der Waals surface area (Å²) in [6.45, 7) is 0. The van der Waals surface area contributed by atoms with E-state index in [0.29, 0.717) is 0 Å². The molecule has 0 heterocycles. The molecule has 0 aliphatic heterocycles. The minimum absolute atomic E-state index is 0. The van der Waals surface area contributed by atoms with Gasteiger partial charge in [0.05, 0.1) is 0 Å². The fraction of sp³-hybridized carbons (Fsp3) is 0. The average molecular weight is 1490 g/mol. The van der Waals surface area contributed by atoms with Crippen molar-refractivity contribution in [3.8, 4) is 0 Å². The summed E-state index contributed by atoms with van der Waals surface area (Å²) >= 11 is -46.1. The van der Waals surface area contributed by atoms with Crippen molar-refractivity contribution in [2.75, 3.05) is 0 Å². The second kappa shape index (κ2) is 71.7. The molecule has 0 aromatic rings. The molecule has 54 heteroatoms. The number of hydrogen-bond donors (Lipinski definition) is 15. The number of hydrogen-bond acceptors (Lipinski definition) is 31. The van der Waals surface area contributed by atoms with Crippen molar-refractivity contribution in [1.82, 2.24) is 92.3 Å². The van der Waals surface area contributed by atoms with Crippen LogP contribution in [0.3, 0.4) is 0 Å². The normalized spacial score (nSPS) is 7.98. The van der Waals surface area contributed by atoms with Gasteiger partial charge >= 0.3 is 244 Å². The van der Waals surface area contributed by atoms with Crippen LogP contribution in [0.4, 0.5) is 0 Å². The molecule has 0 unspecified atom stereocenters. The molecule has 0 spiro atoms. The van der Waals surface area contributed by atoms with Crippen LogP contribution in [0.5, 0.6) is 0 Å². The Balaban J connectivity index is -0.00000000932. The van der Waals surface area contributed by atoms with E-state index in [1.165, 1.54) is 0 Å². The predicted octanol–water partition coefficient (Wildman–Crippen LogP) is -14.1. The fourth-order valence-electron chi connectivity index (χ4n) is 0. The van der Waals surface area contributed by atoms with Crippen LogP contribution in [0.2, 0.25) is 0 Å². The van der Waals surface area contributed by atoms with Crippen molar-refractivity contribution >= 4 is 0 Å². The van der Waals surface area contributed by atoms with Gasteiger partial charge in [-0.15, -0.1) is 0 Å². The number of quaternary nitrogens is 15. The van der Waals surface area contributed by atoms with Gasteiger partial charge in [0.15, 0.2) is 0 Å². The maximum absolute atomic E-state index is 8.63. The molecule has 0 aromatic carbocycles. The van der Waals surface area contributed by atoms with E-state index in [4.69, 9.17) is 112 Å². The van der Waals surface area contributed by atoms with Gasteiger partial charge in [-0.3, -0.25) is 0 Å². The predicted molar refractivity (Wildman–Crippen MR) is 101 cm³/mol. The van der Waals surface area contributed by atoms with Crippen LogP contribution in [-0.4, -0.2) is 0 Å². The molecule has 0 aromatic heterocycles. The minimum atomic E-state index is -6.02. The van der Waals surface area contributed by atoms with Crippen molar-refractivity contribution in [2.24, 2.45) is 0 Å². The van der Waals surface area contributed by atoms with Crippen molar-refractivity contribution in [3.63, 3.8) is 0 Å². The SMILES string of the molecule is [NH4+].[NH4+].[NH4+].[NH4+].[NH4+].[NH4+].[NH4+].[NH4+].[NH4+].[NH4+].[NH4+].[NH4+].[NH4+].[NH4+].[NH4+].[O]=[Mo](=[O])([O-])[O-].[O]=[Mo](=[O])([O-])[O-].[O]=[Mo](=[O])([O-])[O-].[O]=[Mo](=[O])([O-])[O-].[O]=[Mo](=[O])([O-])[O-].[O]=[Mo](=[O])([O-])[O-].[O]=[Mo](=[O])([O-])[O-].[O]=[V](=[O])[O-]. The molecule has 0 bridgehead atoms. The van der Waals surface area contributed by atoms with Crippen LogP contribution in [0, 0.1) is 0 Å². The Morgan fingerprint density at radius 1 is 0.204 bits per heavy atom. The maximum atomic E-state index is 8.63. The Hall–Kier alpha value is 1.00. The molecule has 54 heavy (non-hydrogen) atoms. The first-order valence-corrected chi connectivity index (χ1v) is 29.9. The summed E-state index contributed by atoms with van der Waals surface area (Å²) in [5.41, 5.74) is 0. The molecule has 0 aliphatic carbocycles. The van der Waals surface area contributed by atoms with E-state index in [9.17, 15) is 0 Å². The summed E-state index contributed by atoms with van der Waals surface area (Å²) in [6.07, 6.45) is 0. The van der Waals surface area contributed by atoms with Gasteiger partial charge in [-0.25, -0.2) is 0 Å². The quantitative estimate of drug-likeness (QED) is 0.100. The molecule has 0 fully saturated rings. The van der Waals surface area contributed by atoms with Crippen molar-refractivity contribution < 1.29 is 244 Å². The van der Waals surface area contributed by atoms with Gasteiger partial charge in [0.25, 0.3) is 0 Å². The molecule has 0 saturated heterocycles. The molecule has 0 atom stereocenters. The number of rotatable bonds is 0. The summed E-state index contributed by atoms with van der Waals surface area (Å²) < 4.78 is 267. The zero-order chi connectivity index (χ0) is 35.1. The first kappa shape index (κ1) is 157. The first-order chi connectivity index (χ1) is 15.7. The third kappa shape index (κ3) is 143000. The summed E-state index contributed by atoms with van der Waals surface area (Å²) in [4.78, 5) is 0. The molecule has 46 nitrogen and oxygen atoms in total. The Morgan fingerprint density at radius 3 is 0.204 bits per heavy atom. The molecule has 0 rings (SSSR count). The van der Waals surface area contributed by atoms with E-state index in [1.807, 2.05) is 0 Å². The molecule has 368 valence electrons. The standard InChI is InChI=1S/7Mo.15H3N.31O.V/h;;;;;;;15*1H3;;;;;;;;;;;;;;;;;;;;;;;;;;;;;;;;/q;;;;;;;;;;;;;;;;;;;;;;;;;;;;;;;;;;;;;;15*-1;/p+15. The third-order valence-electron chi connectivity index (χ3n) is 0. The molecule has 0 aliphatic rings. The van der Waals surface area contributed by atoms with Gasteiger partial charge < -0.3 is 92.3 Å². The molecular formula is H60Mo7N15O31V. The van der Waals surface area contributed by atoms with Crippen molar-refractivity contribution in [1.29, 1.82) is 0 Å². The van der Waals surface area contributed by atoms with Crippen LogP contribution in [0.1, 0.15) is 0 Å². The summed E-state index contributed by atoms with van der Waals surface area (Å²) in [5.74, 6) is 0. The second-order valence-electron chi connectivity index (χ2n) is 3.08. The molecular weight excluding hydrogens is 1430 g/mol. The van der Waals surface area contributed by atoms with Gasteiger partial charge in [0.2, 0.25) is 0 Å². The molecule has 0 saturated carbocycles. The van der Waals surface area contributed by atoms with Gasteiger partial charge in [-0.05, 0) is 0 Å². The second-order valence-corrected chi connectivity index (χ2v) is 17.8. The zero-order valence-corrected chi connectivity index (χ0v) is 46.4. The Kier molecular flexibility index (Phi) is 208. The van der Waals surface area contributed by atoms with E-state index >= 15 is 0 Å². The van der Waals surface area contributed by atoms with Gasteiger partial charge in [-0.1, -0.05) is 0 Å². The van der Waals surface area contributed by atoms with Crippen LogP contribution < -0.4 is 149 Å². The van der Waals surface area contributed by atoms with Crippen molar-refractivity contribution in [3.05, 3.63) is 0 Å². The zero-order valence-electron chi connectivity index (χ0n) is 31.0. The Bertz CT molecular complexity index is 1100. The van der Waals surface area contributed by atoms with Gasteiger partial charge in [0, 0.05) is 0 Å². The van der Waals surface area contributed by atoms with E-state index in [2.05, 4.69) is 0 Å². The topological polar surface area (TPSA) is 1170 Å². The van der Waals surface area contributed by atoms with Gasteiger partial charge in [-0.2, -0.15) is 0 Å². The fourth-order valence-corrected chi connectivity index (χ4v) is 0. The van der Waals surface area contributed by atoms with Gasteiger partial charge in [0.1, 0.15) is 0 Å². The molecule has 0 radical (unpaired) electrons. The van der Waals surface area contributed by atoms with E-state index in [0.717, 1.165) is 0 Å². The van der Waals surface area contributed by atoms with Crippen LogP contribution in [0.15, 0.2) is 0 Å². The summed E-state index contributed by atoms with van der Waals surface area (Å²) in [5, 5.41) is 0. The third-order valence-corrected chi connectivity index (χ3v) is 0. The Labute approximate surface area is 332 Å². The van der Waals surface area contributed by atoms with E-state index < -0.39 is 133 Å². The van der Waals surface area contributed by atoms with Crippen LogP contribution in [-0.2, 0) is 188 Å². The summed E-state index contributed by atoms with van der Waals surface area (Å²) in [6, 6.07) is 0. The molecule has 0 amide bonds. The van der Waals surface area contributed by atoms with E-state index in [1.54, 1.807) is 0 Å². The van der Waals surface area contributed by atoms with E-state index in [-0.39, 0.29) is 92.3 Å². The van der Waals surface area contributed by atoms with Crippen LogP contribution in [0.25, 0.3) is 0 Å². The average Bonchev–Trinajstić information content (AvgIpc) is 2.18. The Morgan fingerprint density at radius 2 is 0.204 bits per heavy atom. The monoisotopic (exact) mass is 1500 g/mol. The summed E-state index contributed by atoms with van der Waals surface area (Å²) in [7, 11) is 0. The first-order valence-electron chi connectivity index (χ1n) is 5.21. The molecule has 60 N–H and O–H groups in total. The van der Waals surface area contributed by atoms with Crippen molar-refractivity contribution in [2.45, 2.75) is 0 Å². The van der Waals surface area contributed by atoms with Crippen LogP contribution >= 0.6 is 0 Å².